The SMILES string of the molecule is CNCn1cc(C(F)F)nn1. The first kappa shape index (κ1) is 8.06. The average Bonchev–Trinajstić information content (AvgIpc) is 2.37. The standard InChI is InChI=1S/C5H8F2N4/c1-8-3-11-2-4(5(6)7)9-10-11/h2,5,8H,3H2,1H3. The van der Waals surface area contributed by atoms with Crippen LogP contribution in [0.5, 0.6) is 0 Å². The predicted octanol–water partition coefficient (Wildman–Crippen LogP) is 0.393. The smallest absolute Gasteiger partial charge is 0.283 e. The fourth-order valence-corrected chi connectivity index (χ4v) is 0.653. The van der Waals surface area contributed by atoms with Crippen molar-refractivity contribution >= 4 is 0 Å². The number of halogens is 2. The number of aromatic nitrogens is 3. The number of hydrogen-bond acceptors (Lipinski definition) is 3. The van der Waals surface area contributed by atoms with E-state index < -0.39 is 6.43 Å². The van der Waals surface area contributed by atoms with Crippen molar-refractivity contribution in [2.75, 3.05) is 7.05 Å². The van der Waals surface area contributed by atoms with E-state index in [4.69, 9.17) is 0 Å². The monoisotopic (exact) mass is 162 g/mol. The van der Waals surface area contributed by atoms with E-state index in [-0.39, 0.29) is 5.69 Å². The first-order chi connectivity index (χ1) is 5.24. The summed E-state index contributed by atoms with van der Waals surface area (Å²) >= 11 is 0. The Morgan fingerprint density at radius 2 is 2.45 bits per heavy atom. The highest BCUT2D eigenvalue weighted by molar-refractivity contribution is 4.92. The van der Waals surface area contributed by atoms with Crippen molar-refractivity contribution in [2.45, 2.75) is 13.1 Å². The Bertz CT molecular complexity index is 222. The molecule has 0 saturated heterocycles. The molecule has 1 N–H and O–H groups in total. The molecule has 11 heavy (non-hydrogen) atoms. The Hall–Kier alpha value is -1.04. The molecule has 0 aliphatic heterocycles. The summed E-state index contributed by atoms with van der Waals surface area (Å²) in [5.74, 6) is 0. The third-order valence-electron chi connectivity index (χ3n) is 1.10. The lowest BCUT2D eigenvalue weighted by Gasteiger charge is -1.94. The lowest BCUT2D eigenvalue weighted by Crippen LogP contribution is -2.13. The minimum Gasteiger partial charge on any atom is -0.301 e. The highest BCUT2D eigenvalue weighted by Crippen LogP contribution is 2.13. The number of hydrogen-bond donors (Lipinski definition) is 1. The third-order valence-corrected chi connectivity index (χ3v) is 1.10. The Labute approximate surface area is 62.2 Å². The fourth-order valence-electron chi connectivity index (χ4n) is 0.653. The molecule has 1 rings (SSSR count). The minimum absolute atomic E-state index is 0.291. The Morgan fingerprint density at radius 3 is 2.91 bits per heavy atom. The van der Waals surface area contributed by atoms with Crippen LogP contribution in [0.15, 0.2) is 6.20 Å². The van der Waals surface area contributed by atoms with Crippen LogP contribution in [-0.2, 0) is 6.67 Å². The second-order valence-electron chi connectivity index (χ2n) is 2.00. The van der Waals surface area contributed by atoms with E-state index in [1.54, 1.807) is 7.05 Å². The molecule has 0 spiro atoms. The molecule has 0 bridgehead atoms. The lowest BCUT2D eigenvalue weighted by atomic mass is 10.5. The second kappa shape index (κ2) is 3.38. The molecular formula is C5H8F2N4. The zero-order valence-corrected chi connectivity index (χ0v) is 5.96. The van der Waals surface area contributed by atoms with Crippen LogP contribution < -0.4 is 5.32 Å². The molecular weight excluding hydrogens is 154 g/mol. The molecule has 4 nitrogen and oxygen atoms in total. The third kappa shape index (κ3) is 1.94. The van der Waals surface area contributed by atoms with Crippen molar-refractivity contribution < 1.29 is 8.78 Å². The van der Waals surface area contributed by atoms with Crippen LogP contribution in [0.2, 0.25) is 0 Å². The quantitative estimate of drug-likeness (QED) is 0.699. The first-order valence-corrected chi connectivity index (χ1v) is 3.07. The largest absolute Gasteiger partial charge is 0.301 e. The summed E-state index contributed by atoms with van der Waals surface area (Å²) in [4.78, 5) is 0. The molecule has 1 aromatic rings. The van der Waals surface area contributed by atoms with Crippen LogP contribution in [0.25, 0.3) is 0 Å². The van der Waals surface area contributed by atoms with Gasteiger partial charge in [0.25, 0.3) is 6.43 Å². The molecule has 0 saturated carbocycles. The van der Waals surface area contributed by atoms with E-state index in [1.807, 2.05) is 0 Å². The Kier molecular flexibility index (Phi) is 2.48. The highest BCUT2D eigenvalue weighted by atomic mass is 19.3. The zero-order valence-electron chi connectivity index (χ0n) is 5.96. The molecule has 0 radical (unpaired) electrons. The summed E-state index contributed by atoms with van der Waals surface area (Å²) in [6.07, 6.45) is -1.33. The van der Waals surface area contributed by atoms with Crippen molar-refractivity contribution in [3.63, 3.8) is 0 Å². The summed E-state index contributed by atoms with van der Waals surface area (Å²) < 4.78 is 25.1. The van der Waals surface area contributed by atoms with Gasteiger partial charge in [0, 0.05) is 0 Å². The van der Waals surface area contributed by atoms with E-state index >= 15 is 0 Å². The fraction of sp³-hybridized carbons (Fsp3) is 0.600. The Morgan fingerprint density at radius 1 is 1.73 bits per heavy atom. The van der Waals surface area contributed by atoms with Gasteiger partial charge in [0.2, 0.25) is 0 Å². The van der Waals surface area contributed by atoms with Gasteiger partial charge >= 0.3 is 0 Å². The number of rotatable bonds is 3. The molecule has 6 heteroatoms. The summed E-state index contributed by atoms with van der Waals surface area (Å²) in [7, 11) is 1.70. The normalized spacial score (nSPS) is 10.9. The summed E-state index contributed by atoms with van der Waals surface area (Å²) in [5.41, 5.74) is -0.291. The maximum Gasteiger partial charge on any atom is 0.283 e. The van der Waals surface area contributed by atoms with Crippen LogP contribution in [0.4, 0.5) is 8.78 Å². The van der Waals surface area contributed by atoms with Gasteiger partial charge in [0.15, 0.2) is 0 Å². The van der Waals surface area contributed by atoms with E-state index in [2.05, 4.69) is 15.6 Å². The van der Waals surface area contributed by atoms with Gasteiger partial charge in [-0.25, -0.2) is 13.5 Å². The Balaban J connectivity index is 2.66. The molecule has 0 atom stereocenters. The van der Waals surface area contributed by atoms with Crippen molar-refractivity contribution in [1.29, 1.82) is 0 Å². The van der Waals surface area contributed by atoms with Gasteiger partial charge in [-0.3, -0.25) is 0 Å². The van der Waals surface area contributed by atoms with Gasteiger partial charge in [0.1, 0.15) is 5.69 Å². The van der Waals surface area contributed by atoms with Gasteiger partial charge in [-0.1, -0.05) is 5.21 Å². The van der Waals surface area contributed by atoms with Gasteiger partial charge in [-0.05, 0) is 7.05 Å². The zero-order chi connectivity index (χ0) is 8.27. The predicted molar refractivity (Wildman–Crippen MR) is 34.0 cm³/mol. The summed E-state index contributed by atoms with van der Waals surface area (Å²) in [6.45, 7) is 0.389. The lowest BCUT2D eigenvalue weighted by molar-refractivity contribution is 0.146. The second-order valence-corrected chi connectivity index (χ2v) is 2.00. The van der Waals surface area contributed by atoms with Gasteiger partial charge in [0.05, 0.1) is 12.9 Å². The van der Waals surface area contributed by atoms with Crippen LogP contribution >= 0.6 is 0 Å². The van der Waals surface area contributed by atoms with Crippen molar-refractivity contribution in [2.24, 2.45) is 0 Å². The summed E-state index contributed by atoms with van der Waals surface area (Å²) in [6, 6.07) is 0. The molecule has 1 aromatic heterocycles. The van der Waals surface area contributed by atoms with Crippen LogP contribution in [0, 0.1) is 0 Å². The van der Waals surface area contributed by atoms with Crippen molar-refractivity contribution in [3.05, 3.63) is 11.9 Å². The minimum atomic E-state index is -2.54. The molecule has 0 fully saturated rings. The molecule has 0 aromatic carbocycles. The summed E-state index contributed by atoms with van der Waals surface area (Å²) in [5, 5.41) is 9.46. The molecule has 0 amide bonds. The van der Waals surface area contributed by atoms with Crippen LogP contribution in [0.3, 0.4) is 0 Å². The van der Waals surface area contributed by atoms with E-state index in [0.29, 0.717) is 6.67 Å². The van der Waals surface area contributed by atoms with Crippen molar-refractivity contribution in [3.8, 4) is 0 Å². The van der Waals surface area contributed by atoms with Crippen LogP contribution in [0.1, 0.15) is 12.1 Å². The van der Waals surface area contributed by atoms with Crippen LogP contribution in [-0.4, -0.2) is 22.0 Å². The van der Waals surface area contributed by atoms with E-state index in [9.17, 15) is 8.78 Å². The highest BCUT2D eigenvalue weighted by Gasteiger charge is 2.10. The topological polar surface area (TPSA) is 42.7 Å². The maximum absolute atomic E-state index is 11.9. The van der Waals surface area contributed by atoms with Crippen molar-refractivity contribution in [1.82, 2.24) is 20.3 Å². The van der Waals surface area contributed by atoms with E-state index in [0.717, 1.165) is 0 Å². The van der Waals surface area contributed by atoms with Gasteiger partial charge in [-0.2, -0.15) is 0 Å². The first-order valence-electron chi connectivity index (χ1n) is 3.07. The van der Waals surface area contributed by atoms with E-state index in [1.165, 1.54) is 10.9 Å². The number of nitrogens with one attached hydrogen (secondary N) is 1. The molecule has 0 aliphatic rings. The molecule has 62 valence electrons. The number of alkyl halides is 2. The average molecular weight is 162 g/mol. The molecule has 0 unspecified atom stereocenters. The van der Waals surface area contributed by atoms with Gasteiger partial charge in [-0.15, -0.1) is 5.10 Å². The number of nitrogens with zero attached hydrogens (tertiary/aromatic N) is 3. The van der Waals surface area contributed by atoms with Gasteiger partial charge < -0.3 is 5.32 Å². The molecule has 1 heterocycles. The molecule has 0 aliphatic carbocycles. The maximum atomic E-state index is 11.9.